The molecule has 0 N–H and O–H groups in total. The summed E-state index contributed by atoms with van der Waals surface area (Å²) in [6.45, 7) is 0. The van der Waals surface area contributed by atoms with Crippen LogP contribution in [0.25, 0.3) is 99.1 Å². The Morgan fingerprint density at radius 2 is 0.734 bits per heavy atom. The van der Waals surface area contributed by atoms with Crippen molar-refractivity contribution in [3.63, 3.8) is 0 Å². The normalized spacial score (nSPS) is 11.4. The molecule has 2 nitrogen and oxygen atoms in total. The fourth-order valence-corrected chi connectivity index (χ4v) is 9.58. The smallest absolute Gasteiger partial charge is 0.136 e. The van der Waals surface area contributed by atoms with Crippen LogP contribution >= 0.6 is 0 Å². The first kappa shape index (κ1) is 37.3. The van der Waals surface area contributed by atoms with Crippen molar-refractivity contribution in [3.8, 4) is 55.6 Å². The molecule has 12 rings (SSSR count). The minimum absolute atomic E-state index is 0.880. The maximum atomic E-state index is 6.39. The summed E-state index contributed by atoms with van der Waals surface area (Å²) in [5, 5.41) is 7.23. The number of hydrogen-bond acceptors (Lipinski definition) is 2. The molecule has 0 atom stereocenters. The van der Waals surface area contributed by atoms with Gasteiger partial charge >= 0.3 is 0 Å². The molecular formula is C62H41NO. The van der Waals surface area contributed by atoms with Crippen molar-refractivity contribution < 1.29 is 4.42 Å². The van der Waals surface area contributed by atoms with Crippen LogP contribution in [-0.2, 0) is 0 Å². The van der Waals surface area contributed by atoms with Gasteiger partial charge in [-0.25, -0.2) is 0 Å². The zero-order valence-corrected chi connectivity index (χ0v) is 35.0. The fraction of sp³-hybridized carbons (Fsp3) is 0. The molecule has 0 aliphatic rings. The van der Waals surface area contributed by atoms with Crippen LogP contribution < -0.4 is 4.90 Å². The van der Waals surface area contributed by atoms with E-state index in [1.165, 1.54) is 54.9 Å². The topological polar surface area (TPSA) is 16.4 Å². The van der Waals surface area contributed by atoms with E-state index in [1.54, 1.807) is 0 Å². The maximum absolute atomic E-state index is 6.39. The lowest BCUT2D eigenvalue weighted by atomic mass is 9.93. The van der Waals surface area contributed by atoms with Gasteiger partial charge in [0.15, 0.2) is 0 Å². The van der Waals surface area contributed by atoms with Crippen LogP contribution in [0.5, 0.6) is 0 Å². The molecule has 12 aromatic rings. The van der Waals surface area contributed by atoms with E-state index < -0.39 is 0 Å². The third-order valence-corrected chi connectivity index (χ3v) is 12.7. The largest absolute Gasteiger partial charge is 0.456 e. The van der Waals surface area contributed by atoms with Crippen molar-refractivity contribution in [1.29, 1.82) is 0 Å². The van der Waals surface area contributed by atoms with E-state index in [-0.39, 0.29) is 0 Å². The first-order valence-corrected chi connectivity index (χ1v) is 21.9. The molecule has 0 saturated heterocycles. The number of fused-ring (bicyclic) bond motifs is 5. The average molecular weight is 816 g/mol. The molecule has 0 unspecified atom stereocenters. The van der Waals surface area contributed by atoms with Crippen LogP contribution in [0.15, 0.2) is 253 Å². The maximum Gasteiger partial charge on any atom is 0.136 e. The van der Waals surface area contributed by atoms with Gasteiger partial charge in [0.25, 0.3) is 0 Å². The summed E-state index contributed by atoms with van der Waals surface area (Å²) >= 11 is 0. The molecule has 0 aliphatic carbocycles. The van der Waals surface area contributed by atoms with Crippen molar-refractivity contribution >= 4 is 60.5 Å². The Morgan fingerprint density at radius 1 is 0.266 bits per heavy atom. The summed E-state index contributed by atoms with van der Waals surface area (Å²) in [6, 6.07) is 89.7. The summed E-state index contributed by atoms with van der Waals surface area (Å²) in [5.41, 5.74) is 16.8. The lowest BCUT2D eigenvalue weighted by Gasteiger charge is -2.28. The van der Waals surface area contributed by atoms with Crippen LogP contribution in [0.4, 0.5) is 17.1 Å². The Bertz CT molecular complexity index is 3650. The third kappa shape index (κ3) is 6.61. The van der Waals surface area contributed by atoms with E-state index in [9.17, 15) is 0 Å². The molecule has 300 valence electrons. The monoisotopic (exact) mass is 815 g/mol. The van der Waals surface area contributed by atoms with Gasteiger partial charge in [0, 0.05) is 27.7 Å². The summed E-state index contributed by atoms with van der Waals surface area (Å²) in [4.78, 5) is 2.39. The molecule has 0 fully saturated rings. The molecule has 2 heteroatoms. The van der Waals surface area contributed by atoms with E-state index >= 15 is 0 Å². The summed E-state index contributed by atoms with van der Waals surface area (Å²) in [6.07, 6.45) is 0. The zero-order valence-electron chi connectivity index (χ0n) is 35.0. The highest BCUT2D eigenvalue weighted by Crippen LogP contribution is 2.46. The summed E-state index contributed by atoms with van der Waals surface area (Å²) < 4.78 is 6.39. The molecule has 0 amide bonds. The molecule has 0 bridgehead atoms. The second-order valence-electron chi connectivity index (χ2n) is 16.4. The molecule has 11 aromatic carbocycles. The Balaban J connectivity index is 0.958. The summed E-state index contributed by atoms with van der Waals surface area (Å²) in [7, 11) is 0. The van der Waals surface area contributed by atoms with Crippen molar-refractivity contribution in [2.24, 2.45) is 0 Å². The lowest BCUT2D eigenvalue weighted by Crippen LogP contribution is -2.11. The molecule has 0 aliphatic heterocycles. The van der Waals surface area contributed by atoms with E-state index in [0.717, 1.165) is 61.3 Å². The first-order chi connectivity index (χ1) is 31.7. The van der Waals surface area contributed by atoms with Gasteiger partial charge in [-0.2, -0.15) is 0 Å². The van der Waals surface area contributed by atoms with Gasteiger partial charge in [-0.05, 0) is 120 Å². The van der Waals surface area contributed by atoms with E-state index in [0.29, 0.717) is 0 Å². The SMILES string of the molecule is c1ccc(-c2ccc3ccccc3c2)c(-c2ccc(N(c3ccc(-c4ccc(-c5cccc6ccccc56)cc4)cc3)c3ccccc3-c3cccc4oc5ccccc5c34)cc2)c1. The van der Waals surface area contributed by atoms with Crippen molar-refractivity contribution in [1.82, 2.24) is 0 Å². The predicted octanol–water partition coefficient (Wildman–Crippen LogP) is 17.7. The van der Waals surface area contributed by atoms with Gasteiger partial charge in [-0.15, -0.1) is 0 Å². The van der Waals surface area contributed by atoms with Crippen LogP contribution in [0.2, 0.25) is 0 Å². The van der Waals surface area contributed by atoms with Crippen LogP contribution in [0.1, 0.15) is 0 Å². The Kier molecular flexibility index (Phi) is 9.20. The minimum Gasteiger partial charge on any atom is -0.456 e. The number of rotatable bonds is 8. The van der Waals surface area contributed by atoms with Crippen LogP contribution in [-0.4, -0.2) is 0 Å². The number of anilines is 3. The summed E-state index contributed by atoms with van der Waals surface area (Å²) in [5.74, 6) is 0. The second-order valence-corrected chi connectivity index (χ2v) is 16.4. The molecule has 1 aromatic heterocycles. The van der Waals surface area contributed by atoms with Gasteiger partial charge < -0.3 is 9.32 Å². The highest BCUT2D eigenvalue weighted by molar-refractivity contribution is 6.14. The number of hydrogen-bond donors (Lipinski definition) is 0. The number of para-hydroxylation sites is 2. The molecule has 0 radical (unpaired) electrons. The van der Waals surface area contributed by atoms with E-state index in [4.69, 9.17) is 4.42 Å². The second kappa shape index (κ2) is 15.8. The Hall–Kier alpha value is -8.46. The first-order valence-electron chi connectivity index (χ1n) is 21.9. The van der Waals surface area contributed by atoms with Gasteiger partial charge in [-0.1, -0.05) is 200 Å². The standard InChI is InChI=1S/C62H41NO/c1-2-15-48-41-49(32-29-42(48)13-1)55-19-6-5-18-53(55)47-35-39-51(40-36-47)63(59-24-9-7-20-56(59)57-23-12-26-61-62(57)58-21-8-10-25-60(58)64-61)50-37-33-44(34-38-50)43-27-30-46(31-28-43)54-22-11-16-45-14-3-4-17-52(45)54/h1-41H. The Labute approximate surface area is 372 Å². The molecule has 64 heavy (non-hydrogen) atoms. The predicted molar refractivity (Wildman–Crippen MR) is 271 cm³/mol. The van der Waals surface area contributed by atoms with Gasteiger partial charge in [0.1, 0.15) is 11.2 Å². The molecule has 0 spiro atoms. The van der Waals surface area contributed by atoms with Gasteiger partial charge in [-0.3, -0.25) is 0 Å². The number of nitrogens with zero attached hydrogens (tertiary/aromatic N) is 1. The highest BCUT2D eigenvalue weighted by Gasteiger charge is 2.21. The fourth-order valence-electron chi connectivity index (χ4n) is 9.58. The third-order valence-electron chi connectivity index (χ3n) is 12.7. The molecule has 1 heterocycles. The zero-order chi connectivity index (χ0) is 42.4. The van der Waals surface area contributed by atoms with Crippen LogP contribution in [0, 0.1) is 0 Å². The van der Waals surface area contributed by atoms with E-state index in [1.807, 2.05) is 6.07 Å². The van der Waals surface area contributed by atoms with Gasteiger partial charge in [0.05, 0.1) is 5.69 Å². The minimum atomic E-state index is 0.880. The van der Waals surface area contributed by atoms with Crippen molar-refractivity contribution in [2.75, 3.05) is 4.90 Å². The van der Waals surface area contributed by atoms with Crippen LogP contribution in [0.3, 0.4) is 0 Å². The lowest BCUT2D eigenvalue weighted by molar-refractivity contribution is 0.669. The number of furan rings is 1. The van der Waals surface area contributed by atoms with E-state index in [2.05, 4.69) is 248 Å². The molecule has 0 saturated carbocycles. The molecular weight excluding hydrogens is 775 g/mol. The van der Waals surface area contributed by atoms with Gasteiger partial charge in [0.2, 0.25) is 0 Å². The quantitative estimate of drug-likeness (QED) is 0.152. The van der Waals surface area contributed by atoms with Crippen molar-refractivity contribution in [2.45, 2.75) is 0 Å². The average Bonchev–Trinajstić information content (AvgIpc) is 3.76. The Morgan fingerprint density at radius 3 is 1.50 bits per heavy atom. The van der Waals surface area contributed by atoms with Crippen molar-refractivity contribution in [3.05, 3.63) is 249 Å². The number of benzene rings is 11. The highest BCUT2D eigenvalue weighted by atomic mass is 16.3.